The average Bonchev–Trinajstić information content (AvgIpc) is 2.24. The lowest BCUT2D eigenvalue weighted by atomic mass is 10.1. The topological polar surface area (TPSA) is 57.6 Å². The molecule has 1 unspecified atom stereocenters. The molecule has 1 atom stereocenters. The van der Waals surface area contributed by atoms with Crippen molar-refractivity contribution in [2.75, 3.05) is 6.54 Å². The Morgan fingerprint density at radius 1 is 1.47 bits per heavy atom. The van der Waals surface area contributed by atoms with Crippen LogP contribution in [0.4, 0.5) is 0 Å². The molecule has 0 saturated carbocycles. The van der Waals surface area contributed by atoms with Gasteiger partial charge in [-0.2, -0.15) is 0 Å². The summed E-state index contributed by atoms with van der Waals surface area (Å²) in [6.07, 6.45) is 0. The third-order valence-corrected chi connectivity index (χ3v) is 3.00. The van der Waals surface area contributed by atoms with Gasteiger partial charge in [0.05, 0.1) is 6.04 Å². The largest absolute Gasteiger partial charge is 0.480 e. The van der Waals surface area contributed by atoms with E-state index < -0.39 is 5.97 Å². The summed E-state index contributed by atoms with van der Waals surface area (Å²) in [6, 6.07) is 7.22. The molecule has 1 rings (SSSR count). The van der Waals surface area contributed by atoms with E-state index in [9.17, 15) is 9.59 Å². The number of carboxylic acids is 1. The summed E-state index contributed by atoms with van der Waals surface area (Å²) in [5, 5.41) is 8.78. The standard InChI is InChI=1S/C12H14BrNO3/c1-8(10-4-3-5-11(13)6-10)14(9(2)15)7-12(16)17/h3-6,8H,7H2,1-2H3,(H,16,17). The first-order chi connectivity index (χ1) is 7.91. The van der Waals surface area contributed by atoms with E-state index in [1.807, 2.05) is 31.2 Å². The van der Waals surface area contributed by atoms with Crippen LogP contribution in [-0.4, -0.2) is 28.4 Å². The van der Waals surface area contributed by atoms with Gasteiger partial charge in [-0.1, -0.05) is 28.1 Å². The molecule has 0 aliphatic carbocycles. The summed E-state index contributed by atoms with van der Waals surface area (Å²) in [5.74, 6) is -1.26. The molecular formula is C12H14BrNO3. The number of halogens is 1. The van der Waals surface area contributed by atoms with Gasteiger partial charge in [-0.15, -0.1) is 0 Å². The number of hydrogen-bond donors (Lipinski definition) is 1. The van der Waals surface area contributed by atoms with Crippen LogP contribution in [0.25, 0.3) is 0 Å². The molecule has 0 aliphatic heterocycles. The minimum atomic E-state index is -1.01. The number of carboxylic acid groups (broad SMARTS) is 1. The van der Waals surface area contributed by atoms with Gasteiger partial charge in [-0.25, -0.2) is 0 Å². The van der Waals surface area contributed by atoms with Gasteiger partial charge >= 0.3 is 5.97 Å². The van der Waals surface area contributed by atoms with E-state index in [-0.39, 0.29) is 18.5 Å². The van der Waals surface area contributed by atoms with Crippen molar-refractivity contribution in [2.45, 2.75) is 19.9 Å². The average molecular weight is 300 g/mol. The highest BCUT2D eigenvalue weighted by Crippen LogP contribution is 2.23. The molecule has 1 aromatic carbocycles. The Morgan fingerprint density at radius 3 is 2.59 bits per heavy atom. The third-order valence-electron chi connectivity index (χ3n) is 2.51. The van der Waals surface area contributed by atoms with Crippen molar-refractivity contribution in [2.24, 2.45) is 0 Å². The minimum absolute atomic E-state index is 0.250. The fourth-order valence-corrected chi connectivity index (χ4v) is 2.03. The molecule has 0 aliphatic rings. The van der Waals surface area contributed by atoms with Crippen LogP contribution in [0.1, 0.15) is 25.5 Å². The number of aliphatic carboxylic acids is 1. The molecule has 17 heavy (non-hydrogen) atoms. The molecule has 0 spiro atoms. The lowest BCUT2D eigenvalue weighted by Crippen LogP contribution is -2.36. The molecule has 1 amide bonds. The quantitative estimate of drug-likeness (QED) is 0.929. The van der Waals surface area contributed by atoms with Crippen molar-refractivity contribution in [3.8, 4) is 0 Å². The summed E-state index contributed by atoms with van der Waals surface area (Å²) in [4.78, 5) is 23.5. The van der Waals surface area contributed by atoms with Crippen LogP contribution < -0.4 is 0 Å². The molecule has 0 saturated heterocycles. The second kappa shape index (κ2) is 5.82. The van der Waals surface area contributed by atoms with Crippen LogP contribution in [0, 0.1) is 0 Å². The zero-order chi connectivity index (χ0) is 13.0. The van der Waals surface area contributed by atoms with Crippen molar-refractivity contribution >= 4 is 27.8 Å². The molecular weight excluding hydrogens is 286 g/mol. The second-order valence-electron chi connectivity index (χ2n) is 3.77. The summed E-state index contributed by atoms with van der Waals surface area (Å²) < 4.78 is 0.903. The van der Waals surface area contributed by atoms with Crippen molar-refractivity contribution < 1.29 is 14.7 Å². The number of carbonyl (C=O) groups is 2. The predicted octanol–water partition coefficient (Wildman–Crippen LogP) is 2.44. The Morgan fingerprint density at radius 2 is 2.12 bits per heavy atom. The Kier molecular flexibility index (Phi) is 4.69. The lowest BCUT2D eigenvalue weighted by Gasteiger charge is -2.27. The van der Waals surface area contributed by atoms with E-state index in [4.69, 9.17) is 5.11 Å². The maximum Gasteiger partial charge on any atom is 0.323 e. The molecule has 1 aromatic rings. The first-order valence-corrected chi connectivity index (χ1v) is 5.95. The van der Waals surface area contributed by atoms with Crippen LogP contribution >= 0.6 is 15.9 Å². The summed E-state index contributed by atoms with van der Waals surface area (Å²) in [5.41, 5.74) is 0.899. The summed E-state index contributed by atoms with van der Waals surface area (Å²) >= 11 is 3.35. The first kappa shape index (κ1) is 13.7. The number of amides is 1. The van der Waals surface area contributed by atoms with Crippen molar-refractivity contribution in [1.29, 1.82) is 0 Å². The predicted molar refractivity (Wildman–Crippen MR) is 67.6 cm³/mol. The molecule has 4 nitrogen and oxygen atoms in total. The summed E-state index contributed by atoms with van der Waals surface area (Å²) in [7, 11) is 0. The maximum atomic E-state index is 11.4. The number of benzene rings is 1. The van der Waals surface area contributed by atoms with E-state index in [0.717, 1.165) is 10.0 Å². The van der Waals surface area contributed by atoms with Crippen molar-refractivity contribution in [3.63, 3.8) is 0 Å². The van der Waals surface area contributed by atoms with E-state index in [0.29, 0.717) is 0 Å². The van der Waals surface area contributed by atoms with Gasteiger partial charge in [-0.3, -0.25) is 9.59 Å². The van der Waals surface area contributed by atoms with Crippen LogP contribution in [0.2, 0.25) is 0 Å². The van der Waals surface area contributed by atoms with Gasteiger partial charge in [0.1, 0.15) is 6.54 Å². The molecule has 0 bridgehead atoms. The minimum Gasteiger partial charge on any atom is -0.480 e. The Balaban J connectivity index is 2.95. The summed E-state index contributed by atoms with van der Waals surface area (Å²) in [6.45, 7) is 2.90. The zero-order valence-corrected chi connectivity index (χ0v) is 11.3. The number of rotatable bonds is 4. The molecule has 5 heteroatoms. The van der Waals surface area contributed by atoms with Gasteiger partial charge in [0, 0.05) is 11.4 Å². The van der Waals surface area contributed by atoms with Crippen molar-refractivity contribution in [3.05, 3.63) is 34.3 Å². The van der Waals surface area contributed by atoms with Crippen LogP contribution in [0.5, 0.6) is 0 Å². The molecule has 92 valence electrons. The van der Waals surface area contributed by atoms with Gasteiger partial charge in [0.15, 0.2) is 0 Å². The number of hydrogen-bond acceptors (Lipinski definition) is 2. The monoisotopic (exact) mass is 299 g/mol. The van der Waals surface area contributed by atoms with Crippen LogP contribution in [0.3, 0.4) is 0 Å². The highest BCUT2D eigenvalue weighted by molar-refractivity contribution is 9.10. The Labute approximate surface area is 108 Å². The fourth-order valence-electron chi connectivity index (χ4n) is 1.61. The Hall–Kier alpha value is -1.36. The molecule has 0 radical (unpaired) electrons. The first-order valence-electron chi connectivity index (χ1n) is 5.16. The third kappa shape index (κ3) is 3.85. The highest BCUT2D eigenvalue weighted by atomic mass is 79.9. The number of carbonyl (C=O) groups excluding carboxylic acids is 1. The van der Waals surface area contributed by atoms with Gasteiger partial charge in [-0.05, 0) is 24.6 Å². The normalized spacial score (nSPS) is 11.9. The zero-order valence-electron chi connectivity index (χ0n) is 9.68. The van der Waals surface area contributed by atoms with Crippen molar-refractivity contribution in [1.82, 2.24) is 4.90 Å². The van der Waals surface area contributed by atoms with Crippen LogP contribution in [-0.2, 0) is 9.59 Å². The maximum absolute atomic E-state index is 11.4. The Bertz CT molecular complexity index is 434. The van der Waals surface area contributed by atoms with E-state index in [1.54, 1.807) is 0 Å². The molecule has 0 heterocycles. The lowest BCUT2D eigenvalue weighted by molar-refractivity contribution is -0.145. The second-order valence-corrected chi connectivity index (χ2v) is 4.69. The van der Waals surface area contributed by atoms with Gasteiger partial charge in [0.25, 0.3) is 0 Å². The number of nitrogens with zero attached hydrogens (tertiary/aromatic N) is 1. The van der Waals surface area contributed by atoms with Gasteiger partial charge in [0.2, 0.25) is 5.91 Å². The fraction of sp³-hybridized carbons (Fsp3) is 0.333. The molecule has 0 aromatic heterocycles. The van der Waals surface area contributed by atoms with E-state index in [1.165, 1.54) is 11.8 Å². The molecule has 0 fully saturated rings. The van der Waals surface area contributed by atoms with Crippen LogP contribution in [0.15, 0.2) is 28.7 Å². The van der Waals surface area contributed by atoms with E-state index >= 15 is 0 Å². The smallest absolute Gasteiger partial charge is 0.323 e. The van der Waals surface area contributed by atoms with Gasteiger partial charge < -0.3 is 10.0 Å². The van der Waals surface area contributed by atoms with E-state index in [2.05, 4.69) is 15.9 Å². The highest BCUT2D eigenvalue weighted by Gasteiger charge is 2.20. The molecule has 1 N–H and O–H groups in total. The SMILES string of the molecule is CC(=O)N(CC(=O)O)C(C)c1cccc(Br)c1.